The normalized spacial score (nSPS) is 10.0. The summed E-state index contributed by atoms with van der Waals surface area (Å²) in [5, 5.41) is 15.5. The van der Waals surface area contributed by atoms with Crippen molar-refractivity contribution in [3.63, 3.8) is 0 Å². The molecule has 26 heavy (non-hydrogen) atoms. The molecule has 3 aromatic rings. The van der Waals surface area contributed by atoms with Crippen molar-refractivity contribution in [3.05, 3.63) is 76.6 Å². The standard InChI is InChI=1S/C19H14ClN5O/c1-12-14(20)6-4-8-15(12)24-19-22-10-9-17(25-19)18(26)23-16-7-3-2-5-13(16)11-21/h2-10H,1H3,(H,23,26)(H,22,24,25). The molecule has 0 aliphatic heterocycles. The summed E-state index contributed by atoms with van der Waals surface area (Å²) in [5.74, 6) is -0.155. The van der Waals surface area contributed by atoms with Crippen LogP contribution < -0.4 is 10.6 Å². The van der Waals surface area contributed by atoms with Crippen molar-refractivity contribution in [1.82, 2.24) is 9.97 Å². The number of carbonyl (C=O) groups is 1. The Bertz CT molecular complexity index is 1010. The van der Waals surface area contributed by atoms with E-state index in [-0.39, 0.29) is 11.6 Å². The Balaban J connectivity index is 1.82. The van der Waals surface area contributed by atoms with Crippen molar-refractivity contribution in [2.75, 3.05) is 10.6 Å². The van der Waals surface area contributed by atoms with Gasteiger partial charge in [-0.3, -0.25) is 4.79 Å². The van der Waals surface area contributed by atoms with Gasteiger partial charge in [-0.05, 0) is 42.8 Å². The minimum absolute atomic E-state index is 0.176. The average Bonchev–Trinajstić information content (AvgIpc) is 2.66. The van der Waals surface area contributed by atoms with Crippen LogP contribution in [0.15, 0.2) is 54.7 Å². The summed E-state index contributed by atoms with van der Waals surface area (Å²) >= 11 is 6.11. The Hall–Kier alpha value is -3.43. The third-order valence-corrected chi connectivity index (χ3v) is 4.11. The summed E-state index contributed by atoms with van der Waals surface area (Å²) < 4.78 is 0. The zero-order valence-corrected chi connectivity index (χ0v) is 14.6. The molecule has 7 heteroatoms. The number of amides is 1. The van der Waals surface area contributed by atoms with Gasteiger partial charge in [-0.2, -0.15) is 5.26 Å². The number of carbonyl (C=O) groups excluding carboxylic acids is 1. The van der Waals surface area contributed by atoms with Crippen LogP contribution in [0.3, 0.4) is 0 Å². The van der Waals surface area contributed by atoms with Crippen molar-refractivity contribution < 1.29 is 4.79 Å². The summed E-state index contributed by atoms with van der Waals surface area (Å²) in [6.07, 6.45) is 1.49. The maximum Gasteiger partial charge on any atom is 0.274 e. The highest BCUT2D eigenvalue weighted by Gasteiger charge is 2.12. The fourth-order valence-electron chi connectivity index (χ4n) is 2.28. The van der Waals surface area contributed by atoms with Crippen LogP contribution in [-0.2, 0) is 0 Å². The summed E-state index contributed by atoms with van der Waals surface area (Å²) in [6.45, 7) is 1.88. The maximum absolute atomic E-state index is 12.4. The second-order valence-corrected chi connectivity index (χ2v) is 5.82. The van der Waals surface area contributed by atoms with E-state index in [1.165, 1.54) is 12.3 Å². The molecule has 0 saturated heterocycles. The van der Waals surface area contributed by atoms with Gasteiger partial charge in [-0.15, -0.1) is 0 Å². The molecule has 2 N–H and O–H groups in total. The third kappa shape index (κ3) is 3.79. The number of benzene rings is 2. The smallest absolute Gasteiger partial charge is 0.274 e. The average molecular weight is 364 g/mol. The van der Waals surface area contributed by atoms with Crippen LogP contribution in [0.4, 0.5) is 17.3 Å². The highest BCUT2D eigenvalue weighted by atomic mass is 35.5. The van der Waals surface area contributed by atoms with E-state index in [2.05, 4.69) is 20.6 Å². The van der Waals surface area contributed by atoms with Gasteiger partial charge in [-0.1, -0.05) is 29.8 Å². The first-order valence-corrected chi connectivity index (χ1v) is 8.12. The molecule has 128 valence electrons. The van der Waals surface area contributed by atoms with Crippen molar-refractivity contribution in [1.29, 1.82) is 5.26 Å². The van der Waals surface area contributed by atoms with Gasteiger partial charge in [-0.25, -0.2) is 9.97 Å². The fraction of sp³-hybridized carbons (Fsp3) is 0.0526. The van der Waals surface area contributed by atoms with Crippen LogP contribution in [0.25, 0.3) is 0 Å². The lowest BCUT2D eigenvalue weighted by Gasteiger charge is -2.10. The molecular weight excluding hydrogens is 350 g/mol. The second kappa shape index (κ2) is 7.64. The lowest BCUT2D eigenvalue weighted by molar-refractivity contribution is 0.102. The minimum Gasteiger partial charge on any atom is -0.324 e. The van der Waals surface area contributed by atoms with Crippen LogP contribution in [0, 0.1) is 18.3 Å². The van der Waals surface area contributed by atoms with E-state index in [1.54, 1.807) is 30.3 Å². The minimum atomic E-state index is -0.430. The summed E-state index contributed by atoms with van der Waals surface area (Å²) in [6, 6.07) is 15.7. The summed E-state index contributed by atoms with van der Waals surface area (Å²) in [5.41, 5.74) is 2.59. The SMILES string of the molecule is Cc1c(Cl)cccc1Nc1nccc(C(=O)Nc2ccccc2C#N)n1. The summed E-state index contributed by atoms with van der Waals surface area (Å²) in [4.78, 5) is 20.8. The van der Waals surface area contributed by atoms with Crippen molar-refractivity contribution in [2.24, 2.45) is 0 Å². The molecule has 2 aromatic carbocycles. The summed E-state index contributed by atoms with van der Waals surface area (Å²) in [7, 11) is 0. The Morgan fingerprint density at radius 2 is 1.88 bits per heavy atom. The van der Waals surface area contributed by atoms with Crippen LogP contribution in [0.1, 0.15) is 21.6 Å². The monoisotopic (exact) mass is 363 g/mol. The Morgan fingerprint density at radius 3 is 2.69 bits per heavy atom. The van der Waals surface area contributed by atoms with E-state index in [0.717, 1.165) is 11.3 Å². The van der Waals surface area contributed by atoms with Gasteiger partial charge in [0.2, 0.25) is 5.95 Å². The third-order valence-electron chi connectivity index (χ3n) is 3.70. The molecule has 0 unspecified atom stereocenters. The van der Waals surface area contributed by atoms with Gasteiger partial charge in [0, 0.05) is 16.9 Å². The van der Waals surface area contributed by atoms with E-state index in [0.29, 0.717) is 16.3 Å². The van der Waals surface area contributed by atoms with E-state index >= 15 is 0 Å². The predicted octanol–water partition coefficient (Wildman–Crippen LogP) is 4.31. The number of nitrogens with one attached hydrogen (secondary N) is 2. The first-order chi connectivity index (χ1) is 12.6. The van der Waals surface area contributed by atoms with E-state index in [1.807, 2.05) is 25.1 Å². The van der Waals surface area contributed by atoms with Crippen LogP contribution in [-0.4, -0.2) is 15.9 Å². The van der Waals surface area contributed by atoms with Gasteiger partial charge in [0.15, 0.2) is 0 Å². The first kappa shape index (κ1) is 17.4. The molecule has 1 amide bonds. The fourth-order valence-corrected chi connectivity index (χ4v) is 2.46. The van der Waals surface area contributed by atoms with Gasteiger partial charge in [0.05, 0.1) is 11.3 Å². The molecule has 1 heterocycles. The lowest BCUT2D eigenvalue weighted by Crippen LogP contribution is -2.15. The molecule has 0 spiro atoms. The molecule has 3 rings (SSSR count). The van der Waals surface area contributed by atoms with Gasteiger partial charge >= 0.3 is 0 Å². The predicted molar refractivity (Wildman–Crippen MR) is 101 cm³/mol. The topological polar surface area (TPSA) is 90.7 Å². The molecule has 0 atom stereocenters. The molecule has 1 aromatic heterocycles. The van der Waals surface area contributed by atoms with Gasteiger partial charge < -0.3 is 10.6 Å². The van der Waals surface area contributed by atoms with Crippen LogP contribution in [0.2, 0.25) is 5.02 Å². The number of hydrogen-bond acceptors (Lipinski definition) is 5. The maximum atomic E-state index is 12.4. The van der Waals surface area contributed by atoms with Crippen LogP contribution >= 0.6 is 11.6 Å². The highest BCUT2D eigenvalue weighted by molar-refractivity contribution is 6.31. The number of hydrogen-bond donors (Lipinski definition) is 2. The molecule has 0 fully saturated rings. The number of halogens is 1. The quantitative estimate of drug-likeness (QED) is 0.720. The molecule has 0 bridgehead atoms. The molecule has 6 nitrogen and oxygen atoms in total. The molecule has 0 aliphatic rings. The highest BCUT2D eigenvalue weighted by Crippen LogP contribution is 2.25. The molecule has 0 radical (unpaired) electrons. The second-order valence-electron chi connectivity index (χ2n) is 5.41. The molecule has 0 saturated carbocycles. The Kier molecular flexibility index (Phi) is 5.11. The Labute approximate surface area is 155 Å². The van der Waals surface area contributed by atoms with E-state index in [4.69, 9.17) is 16.9 Å². The lowest BCUT2D eigenvalue weighted by atomic mass is 10.2. The molecular formula is C19H14ClN5O. The van der Waals surface area contributed by atoms with Crippen molar-refractivity contribution >= 4 is 34.8 Å². The number of anilines is 3. The van der Waals surface area contributed by atoms with Crippen molar-refractivity contribution in [2.45, 2.75) is 6.92 Å². The number of para-hydroxylation sites is 1. The van der Waals surface area contributed by atoms with Gasteiger partial charge in [0.1, 0.15) is 11.8 Å². The Morgan fingerprint density at radius 1 is 1.12 bits per heavy atom. The van der Waals surface area contributed by atoms with E-state index < -0.39 is 5.91 Å². The first-order valence-electron chi connectivity index (χ1n) is 7.74. The number of nitrogens with zero attached hydrogens (tertiary/aromatic N) is 3. The zero-order valence-electron chi connectivity index (χ0n) is 13.8. The molecule has 0 aliphatic carbocycles. The zero-order chi connectivity index (χ0) is 18.5. The largest absolute Gasteiger partial charge is 0.324 e. The van der Waals surface area contributed by atoms with E-state index in [9.17, 15) is 4.79 Å². The number of nitriles is 1. The number of aromatic nitrogens is 2. The van der Waals surface area contributed by atoms with Gasteiger partial charge in [0.25, 0.3) is 5.91 Å². The number of rotatable bonds is 4. The van der Waals surface area contributed by atoms with Crippen molar-refractivity contribution in [3.8, 4) is 6.07 Å². The van der Waals surface area contributed by atoms with Crippen LogP contribution in [0.5, 0.6) is 0 Å².